The Morgan fingerprint density at radius 2 is 1.62 bits per heavy atom. The van der Waals surface area contributed by atoms with Crippen LogP contribution in [-0.2, 0) is 9.59 Å². The second-order valence-electron chi connectivity index (χ2n) is 10.8. The van der Waals surface area contributed by atoms with Crippen LogP contribution in [0, 0.1) is 11.3 Å². The van der Waals surface area contributed by atoms with Gasteiger partial charge >= 0.3 is 0 Å². The number of nitrogens with one attached hydrogen (secondary N) is 1. The molecule has 0 spiro atoms. The van der Waals surface area contributed by atoms with Gasteiger partial charge in [-0.3, -0.25) is 9.59 Å². The summed E-state index contributed by atoms with van der Waals surface area (Å²) < 4.78 is 0. The van der Waals surface area contributed by atoms with Crippen molar-refractivity contribution in [3.8, 4) is 0 Å². The van der Waals surface area contributed by atoms with Crippen LogP contribution in [0.25, 0.3) is 0 Å². The fraction of sp³-hybridized carbons (Fsp3) is 0.680. The summed E-state index contributed by atoms with van der Waals surface area (Å²) in [5.41, 5.74) is 3.41. The molecule has 2 amide bonds. The zero-order valence-electron chi connectivity index (χ0n) is 17.9. The normalized spacial score (nSPS) is 35.9. The summed E-state index contributed by atoms with van der Waals surface area (Å²) in [6, 6.07) is 9.05. The topological polar surface area (TPSA) is 49.4 Å². The lowest BCUT2D eigenvalue weighted by atomic mass is 9.55. The molecule has 1 aromatic rings. The van der Waals surface area contributed by atoms with Crippen LogP contribution < -0.4 is 5.32 Å². The van der Waals surface area contributed by atoms with Crippen LogP contribution in [0.3, 0.4) is 0 Å². The highest BCUT2D eigenvalue weighted by Gasteiger charge is 2.55. The molecule has 1 aromatic carbocycles. The molecular weight excluding hydrogens is 360 g/mol. The fourth-order valence-corrected chi connectivity index (χ4v) is 7.45. The maximum atomic E-state index is 13.1. The van der Waals surface area contributed by atoms with Gasteiger partial charge in [-0.05, 0) is 79.2 Å². The number of rotatable bonds is 3. The van der Waals surface area contributed by atoms with Gasteiger partial charge in [-0.25, -0.2) is 0 Å². The summed E-state index contributed by atoms with van der Waals surface area (Å²) in [6.45, 7) is 5.70. The number of carbonyl (C=O) groups is 2. The maximum absolute atomic E-state index is 13.1. The predicted octanol–water partition coefficient (Wildman–Crippen LogP) is 4.36. The lowest BCUT2D eigenvalue weighted by molar-refractivity contribution is -0.130. The van der Waals surface area contributed by atoms with E-state index in [1.165, 1.54) is 12.8 Å². The quantitative estimate of drug-likeness (QED) is 0.828. The first kappa shape index (κ1) is 19.1. The van der Waals surface area contributed by atoms with E-state index in [1.54, 1.807) is 18.1 Å². The third-order valence-electron chi connectivity index (χ3n) is 8.33. The van der Waals surface area contributed by atoms with Gasteiger partial charge in [-0.2, -0.15) is 0 Å². The van der Waals surface area contributed by atoms with Crippen LogP contribution in [0.5, 0.6) is 0 Å². The van der Waals surface area contributed by atoms with E-state index in [1.807, 2.05) is 4.90 Å². The summed E-state index contributed by atoms with van der Waals surface area (Å²) in [5.74, 6) is 1.97. The summed E-state index contributed by atoms with van der Waals surface area (Å²) in [7, 11) is 0. The molecule has 5 aliphatic rings. The molecule has 156 valence electrons. The van der Waals surface area contributed by atoms with Crippen LogP contribution in [0.2, 0.25) is 0 Å². The van der Waals surface area contributed by atoms with Crippen LogP contribution in [-0.4, -0.2) is 35.3 Å². The van der Waals surface area contributed by atoms with Crippen molar-refractivity contribution in [1.82, 2.24) is 10.2 Å². The second-order valence-corrected chi connectivity index (χ2v) is 10.8. The van der Waals surface area contributed by atoms with Crippen LogP contribution in [0.4, 0.5) is 0 Å². The predicted molar refractivity (Wildman–Crippen MR) is 114 cm³/mol. The summed E-state index contributed by atoms with van der Waals surface area (Å²) in [6.07, 6.45) is 8.39. The molecule has 2 atom stereocenters. The molecule has 0 radical (unpaired) electrons. The third-order valence-corrected chi connectivity index (χ3v) is 8.33. The molecule has 3 fully saturated rings. The van der Waals surface area contributed by atoms with Crippen molar-refractivity contribution in [2.45, 2.75) is 82.6 Å². The van der Waals surface area contributed by atoms with Crippen molar-refractivity contribution >= 4 is 11.8 Å². The minimum absolute atomic E-state index is 0.0310. The van der Waals surface area contributed by atoms with Crippen LogP contribution in [0.15, 0.2) is 24.3 Å². The second kappa shape index (κ2) is 6.85. The maximum Gasteiger partial charge on any atom is 0.220 e. The van der Waals surface area contributed by atoms with Gasteiger partial charge in [0.05, 0.1) is 0 Å². The van der Waals surface area contributed by atoms with Crippen molar-refractivity contribution in [3.05, 3.63) is 35.4 Å². The van der Waals surface area contributed by atoms with E-state index < -0.39 is 0 Å². The average molecular weight is 395 g/mol. The van der Waals surface area contributed by atoms with E-state index >= 15 is 0 Å². The SMILES string of the molecule is CC(=O)N1CCC(CC(=O)NC23CC4CC(C)(CC(C2)c2ccccc24)C3)CC1. The monoisotopic (exact) mass is 394 g/mol. The molecule has 6 rings (SSSR count). The van der Waals surface area contributed by atoms with Gasteiger partial charge in [0.2, 0.25) is 11.8 Å². The van der Waals surface area contributed by atoms with Crippen LogP contribution in [0.1, 0.15) is 88.2 Å². The molecule has 1 saturated heterocycles. The molecule has 1 N–H and O–H groups in total. The molecular formula is C25H34N2O2. The Morgan fingerprint density at radius 1 is 1.03 bits per heavy atom. The van der Waals surface area contributed by atoms with E-state index in [9.17, 15) is 9.59 Å². The lowest BCUT2D eigenvalue weighted by Crippen LogP contribution is -2.57. The van der Waals surface area contributed by atoms with Crippen molar-refractivity contribution in [2.75, 3.05) is 13.1 Å². The summed E-state index contributed by atoms with van der Waals surface area (Å²) in [5, 5.41) is 3.59. The Kier molecular flexibility index (Phi) is 4.52. The molecule has 2 saturated carbocycles. The standard InChI is InChI=1S/C25H34N2O2/c1-17(28)27-9-7-18(8-10-27)11-23(29)26-25-14-19-12-24(2,16-25)13-20(15-25)22-6-4-3-5-21(19)22/h3-6,18-20H,7-16H2,1-2H3,(H,26,29). The zero-order chi connectivity index (χ0) is 20.2. The molecule has 1 heterocycles. The van der Waals surface area contributed by atoms with Gasteiger partial charge in [0.25, 0.3) is 0 Å². The van der Waals surface area contributed by atoms with Gasteiger partial charge in [-0.1, -0.05) is 31.2 Å². The number of hydrogen-bond donors (Lipinski definition) is 1. The smallest absolute Gasteiger partial charge is 0.220 e. The zero-order valence-corrected chi connectivity index (χ0v) is 17.9. The highest BCUT2D eigenvalue weighted by atomic mass is 16.2. The summed E-state index contributed by atoms with van der Waals surface area (Å²) in [4.78, 5) is 26.6. The van der Waals surface area contributed by atoms with Gasteiger partial charge in [0.15, 0.2) is 0 Å². The first-order valence-electron chi connectivity index (χ1n) is 11.5. The molecule has 2 unspecified atom stereocenters. The number of likely N-dealkylation sites (tertiary alicyclic amines) is 1. The minimum Gasteiger partial charge on any atom is -0.351 e. The van der Waals surface area contributed by atoms with Gasteiger partial charge in [0.1, 0.15) is 0 Å². The van der Waals surface area contributed by atoms with Gasteiger partial charge < -0.3 is 10.2 Å². The Hall–Kier alpha value is -1.84. The Bertz CT molecular complexity index is 789. The van der Waals surface area contributed by atoms with E-state index in [-0.39, 0.29) is 17.4 Å². The first-order valence-corrected chi connectivity index (χ1v) is 11.5. The van der Waals surface area contributed by atoms with E-state index in [0.29, 0.717) is 29.6 Å². The van der Waals surface area contributed by atoms with E-state index in [0.717, 1.165) is 45.2 Å². The molecule has 4 bridgehead atoms. The molecule has 29 heavy (non-hydrogen) atoms. The number of hydrogen-bond acceptors (Lipinski definition) is 2. The summed E-state index contributed by atoms with van der Waals surface area (Å²) >= 11 is 0. The first-order chi connectivity index (χ1) is 13.8. The van der Waals surface area contributed by atoms with E-state index in [2.05, 4.69) is 36.5 Å². The molecule has 4 aliphatic carbocycles. The average Bonchev–Trinajstić information content (AvgIpc) is 2.80. The fourth-order valence-electron chi connectivity index (χ4n) is 7.45. The largest absolute Gasteiger partial charge is 0.351 e. The number of amides is 2. The highest BCUT2D eigenvalue weighted by Crippen LogP contribution is 2.62. The number of carbonyl (C=O) groups excluding carboxylic acids is 2. The lowest BCUT2D eigenvalue weighted by Gasteiger charge is -2.54. The number of piperidine rings is 1. The van der Waals surface area contributed by atoms with Crippen molar-refractivity contribution in [2.24, 2.45) is 11.3 Å². The van der Waals surface area contributed by atoms with Crippen molar-refractivity contribution < 1.29 is 9.59 Å². The van der Waals surface area contributed by atoms with Gasteiger partial charge in [0, 0.05) is 32.0 Å². The Labute approximate surface area is 174 Å². The molecule has 4 heteroatoms. The van der Waals surface area contributed by atoms with Crippen molar-refractivity contribution in [3.63, 3.8) is 0 Å². The molecule has 0 aromatic heterocycles. The minimum atomic E-state index is -0.0310. The number of benzene rings is 1. The Balaban J connectivity index is 1.30. The molecule has 1 aliphatic heterocycles. The third kappa shape index (κ3) is 3.49. The van der Waals surface area contributed by atoms with Crippen LogP contribution >= 0.6 is 0 Å². The highest BCUT2D eigenvalue weighted by molar-refractivity contribution is 5.77. The molecule has 4 nitrogen and oxygen atoms in total. The Morgan fingerprint density at radius 3 is 2.17 bits per heavy atom. The number of nitrogens with zero attached hydrogens (tertiary/aromatic N) is 1. The van der Waals surface area contributed by atoms with E-state index in [4.69, 9.17) is 0 Å². The van der Waals surface area contributed by atoms with Gasteiger partial charge in [-0.15, -0.1) is 0 Å². The van der Waals surface area contributed by atoms with Crippen molar-refractivity contribution in [1.29, 1.82) is 0 Å².